The van der Waals surface area contributed by atoms with Crippen LogP contribution < -0.4 is 0 Å². The van der Waals surface area contributed by atoms with E-state index in [1.54, 1.807) is 0 Å². The van der Waals surface area contributed by atoms with Gasteiger partial charge in [-0.25, -0.2) is 4.39 Å². The minimum Gasteiger partial charge on any atom is -0.349 e. The van der Waals surface area contributed by atoms with Crippen LogP contribution >= 0.6 is 0 Å². The summed E-state index contributed by atoms with van der Waals surface area (Å²) in [6.45, 7) is 4.45. The van der Waals surface area contributed by atoms with Crippen molar-refractivity contribution in [3.8, 4) is 11.1 Å². The molecule has 1 aliphatic rings. The van der Waals surface area contributed by atoms with Gasteiger partial charge in [-0.2, -0.15) is 0 Å². The third-order valence-corrected chi connectivity index (χ3v) is 5.07. The van der Waals surface area contributed by atoms with Crippen LogP contribution in [0.15, 0.2) is 48.5 Å². The molecule has 26 heavy (non-hydrogen) atoms. The van der Waals surface area contributed by atoms with E-state index in [9.17, 15) is 4.39 Å². The maximum atomic E-state index is 14.3. The van der Waals surface area contributed by atoms with Crippen molar-refractivity contribution in [2.45, 2.75) is 57.9 Å². The monoisotopic (exact) mass is 356 g/mol. The molecule has 0 unspecified atom stereocenters. The zero-order valence-electron chi connectivity index (χ0n) is 15.8. The highest BCUT2D eigenvalue weighted by molar-refractivity contribution is 5.63. The van der Waals surface area contributed by atoms with E-state index in [2.05, 4.69) is 55.5 Å². The number of aryl methyl sites for hydroxylation is 2. The Labute approximate surface area is 156 Å². The second-order valence-corrected chi connectivity index (χ2v) is 7.24. The van der Waals surface area contributed by atoms with E-state index in [1.807, 2.05) is 6.92 Å². The summed E-state index contributed by atoms with van der Waals surface area (Å²) in [6, 6.07) is 17.4. The van der Waals surface area contributed by atoms with Gasteiger partial charge < -0.3 is 9.47 Å². The molecule has 1 fully saturated rings. The van der Waals surface area contributed by atoms with Gasteiger partial charge in [0.1, 0.15) is 0 Å². The molecular weight excluding hydrogens is 327 g/mol. The molecule has 2 aromatic rings. The van der Waals surface area contributed by atoms with Crippen molar-refractivity contribution in [3.63, 3.8) is 0 Å². The minimum atomic E-state index is -1.31. The maximum Gasteiger partial charge on any atom is 0.158 e. The molecule has 0 N–H and O–H groups in total. The minimum absolute atomic E-state index is 0.151. The van der Waals surface area contributed by atoms with Crippen LogP contribution in [-0.2, 0) is 22.3 Å². The number of halogens is 1. The summed E-state index contributed by atoms with van der Waals surface area (Å²) >= 11 is 0. The van der Waals surface area contributed by atoms with Gasteiger partial charge in [0.25, 0.3) is 0 Å². The lowest BCUT2D eigenvalue weighted by atomic mass is 10.00. The van der Waals surface area contributed by atoms with Crippen LogP contribution in [0.4, 0.5) is 4.39 Å². The Morgan fingerprint density at radius 2 is 1.42 bits per heavy atom. The molecule has 3 rings (SSSR count). The summed E-state index contributed by atoms with van der Waals surface area (Å²) in [7, 11) is 0. The van der Waals surface area contributed by atoms with Crippen LogP contribution in [-0.4, -0.2) is 25.2 Å². The molecule has 1 saturated heterocycles. The van der Waals surface area contributed by atoms with Crippen molar-refractivity contribution in [2.24, 2.45) is 0 Å². The van der Waals surface area contributed by atoms with Crippen molar-refractivity contribution < 1.29 is 13.9 Å². The number of alkyl halides is 1. The average Bonchev–Trinajstić information content (AvgIpc) is 2.68. The standard InChI is InChI=1S/C23H29FO2/c1-3-15-23(24)16-25-22(26-17-23)14-9-19-7-12-21(13-8-19)20-10-5-18(4-2)6-11-20/h5-8,10-13,22H,3-4,9,14-17H2,1-2H3. The summed E-state index contributed by atoms with van der Waals surface area (Å²) in [6.07, 6.45) is 3.70. The zero-order valence-corrected chi connectivity index (χ0v) is 15.8. The smallest absolute Gasteiger partial charge is 0.158 e. The van der Waals surface area contributed by atoms with Gasteiger partial charge in [-0.15, -0.1) is 0 Å². The van der Waals surface area contributed by atoms with Crippen LogP contribution in [0.1, 0.15) is 44.2 Å². The first-order valence-corrected chi connectivity index (χ1v) is 9.72. The normalized spacial score (nSPS) is 23.1. The molecule has 1 aliphatic heterocycles. The summed E-state index contributed by atoms with van der Waals surface area (Å²) < 4.78 is 25.5. The lowest BCUT2D eigenvalue weighted by Gasteiger charge is -2.34. The molecule has 0 saturated carbocycles. The first-order valence-electron chi connectivity index (χ1n) is 9.72. The summed E-state index contributed by atoms with van der Waals surface area (Å²) in [5.41, 5.74) is 3.76. The Morgan fingerprint density at radius 1 is 0.885 bits per heavy atom. The van der Waals surface area contributed by atoms with E-state index in [0.717, 1.165) is 25.7 Å². The van der Waals surface area contributed by atoms with Crippen molar-refractivity contribution in [3.05, 3.63) is 59.7 Å². The van der Waals surface area contributed by atoms with Crippen molar-refractivity contribution in [2.75, 3.05) is 13.2 Å². The molecule has 3 heteroatoms. The molecule has 0 radical (unpaired) electrons. The lowest BCUT2D eigenvalue weighted by Crippen LogP contribution is -2.44. The van der Waals surface area contributed by atoms with Gasteiger partial charge in [0, 0.05) is 6.42 Å². The van der Waals surface area contributed by atoms with E-state index in [1.165, 1.54) is 22.3 Å². The fourth-order valence-electron chi connectivity index (χ4n) is 3.41. The van der Waals surface area contributed by atoms with Crippen LogP contribution in [0.25, 0.3) is 11.1 Å². The van der Waals surface area contributed by atoms with Gasteiger partial charge >= 0.3 is 0 Å². The van der Waals surface area contributed by atoms with E-state index < -0.39 is 5.67 Å². The third-order valence-electron chi connectivity index (χ3n) is 5.07. The van der Waals surface area contributed by atoms with Crippen molar-refractivity contribution in [1.82, 2.24) is 0 Å². The van der Waals surface area contributed by atoms with E-state index in [4.69, 9.17) is 9.47 Å². The number of hydrogen-bond acceptors (Lipinski definition) is 2. The number of rotatable bonds is 7. The predicted molar refractivity (Wildman–Crippen MR) is 104 cm³/mol. The average molecular weight is 356 g/mol. The molecular formula is C23H29FO2. The highest BCUT2D eigenvalue weighted by atomic mass is 19.1. The first kappa shape index (κ1) is 19.1. The molecule has 0 amide bonds. The third kappa shape index (κ3) is 4.93. The molecule has 0 aliphatic carbocycles. The van der Waals surface area contributed by atoms with Crippen LogP contribution in [0.5, 0.6) is 0 Å². The summed E-state index contributed by atoms with van der Waals surface area (Å²) in [4.78, 5) is 0. The van der Waals surface area contributed by atoms with Crippen LogP contribution in [0, 0.1) is 0 Å². The molecule has 1 heterocycles. The second kappa shape index (κ2) is 8.79. The summed E-state index contributed by atoms with van der Waals surface area (Å²) in [5.74, 6) is 0. The first-order chi connectivity index (χ1) is 12.6. The SMILES string of the molecule is CCCC1(F)COC(CCc2ccc(-c3ccc(CC)cc3)cc2)OC1. The Balaban J connectivity index is 1.50. The number of ether oxygens (including phenoxy) is 2. The van der Waals surface area contributed by atoms with Gasteiger partial charge in [-0.05, 0) is 41.5 Å². The highest BCUT2D eigenvalue weighted by Gasteiger charge is 2.35. The Kier molecular flexibility index (Phi) is 6.44. The van der Waals surface area contributed by atoms with Gasteiger partial charge in [0.2, 0.25) is 0 Å². The Morgan fingerprint density at radius 3 is 1.92 bits per heavy atom. The van der Waals surface area contributed by atoms with Gasteiger partial charge in [0.05, 0.1) is 13.2 Å². The molecule has 0 atom stereocenters. The molecule has 2 nitrogen and oxygen atoms in total. The van der Waals surface area contributed by atoms with E-state index >= 15 is 0 Å². The van der Waals surface area contributed by atoms with Crippen molar-refractivity contribution in [1.29, 1.82) is 0 Å². The number of benzene rings is 2. The summed E-state index contributed by atoms with van der Waals surface area (Å²) in [5, 5.41) is 0. The highest BCUT2D eigenvalue weighted by Crippen LogP contribution is 2.27. The molecule has 0 aromatic heterocycles. The molecule has 0 spiro atoms. The van der Waals surface area contributed by atoms with Gasteiger partial charge in [0.15, 0.2) is 12.0 Å². The second-order valence-electron chi connectivity index (χ2n) is 7.24. The zero-order chi connectivity index (χ0) is 18.4. The number of hydrogen-bond donors (Lipinski definition) is 0. The predicted octanol–water partition coefficient (Wildman–Crippen LogP) is 5.73. The Bertz CT molecular complexity index is 670. The van der Waals surface area contributed by atoms with Crippen LogP contribution in [0.2, 0.25) is 0 Å². The Hall–Kier alpha value is -1.71. The fraction of sp³-hybridized carbons (Fsp3) is 0.478. The van der Waals surface area contributed by atoms with E-state index in [0.29, 0.717) is 6.42 Å². The topological polar surface area (TPSA) is 18.5 Å². The van der Waals surface area contributed by atoms with E-state index in [-0.39, 0.29) is 19.5 Å². The van der Waals surface area contributed by atoms with Crippen molar-refractivity contribution >= 4 is 0 Å². The largest absolute Gasteiger partial charge is 0.349 e. The van der Waals surface area contributed by atoms with Gasteiger partial charge in [-0.3, -0.25) is 0 Å². The van der Waals surface area contributed by atoms with Gasteiger partial charge in [-0.1, -0.05) is 68.8 Å². The molecule has 0 bridgehead atoms. The molecule has 2 aromatic carbocycles. The maximum absolute atomic E-state index is 14.3. The molecule has 140 valence electrons. The van der Waals surface area contributed by atoms with Crippen LogP contribution in [0.3, 0.4) is 0 Å². The quantitative estimate of drug-likeness (QED) is 0.631. The fourth-order valence-corrected chi connectivity index (χ4v) is 3.41. The lowest BCUT2D eigenvalue weighted by molar-refractivity contribution is -0.236.